The second-order valence-electron chi connectivity index (χ2n) is 4.29. The van der Waals surface area contributed by atoms with Gasteiger partial charge in [0.05, 0.1) is 20.8 Å². The average Bonchev–Trinajstić information content (AvgIpc) is 2.95. The van der Waals surface area contributed by atoms with Gasteiger partial charge >= 0.3 is 0 Å². The molecule has 0 fully saturated rings. The van der Waals surface area contributed by atoms with Gasteiger partial charge in [-0.1, -0.05) is 12.1 Å². The van der Waals surface area contributed by atoms with Gasteiger partial charge < -0.3 is 4.74 Å². The number of rotatable bonds is 2. The van der Waals surface area contributed by atoms with Crippen LogP contribution >= 0.6 is 27.3 Å². The fourth-order valence-corrected chi connectivity index (χ4v) is 3.59. The molecule has 2 aromatic rings. The summed E-state index contributed by atoms with van der Waals surface area (Å²) in [6.45, 7) is 2.66. The number of aryl methyl sites for hydroxylation is 1. The third-order valence-corrected chi connectivity index (χ3v) is 5.18. The SMILES string of the molecule is Cc1cc(C(=O)c2cccc3c2OCC3)sc1Br. The molecule has 0 N–H and O–H groups in total. The lowest BCUT2D eigenvalue weighted by molar-refractivity contribution is 0.103. The maximum absolute atomic E-state index is 12.5. The first-order valence-electron chi connectivity index (χ1n) is 5.72. The first-order valence-corrected chi connectivity index (χ1v) is 7.33. The van der Waals surface area contributed by atoms with Crippen molar-refractivity contribution >= 4 is 33.0 Å². The first-order chi connectivity index (χ1) is 8.66. The predicted molar refractivity (Wildman–Crippen MR) is 75.8 cm³/mol. The number of benzene rings is 1. The van der Waals surface area contributed by atoms with Gasteiger partial charge in [0.2, 0.25) is 5.78 Å². The summed E-state index contributed by atoms with van der Waals surface area (Å²) >= 11 is 4.93. The quantitative estimate of drug-likeness (QED) is 0.781. The van der Waals surface area contributed by atoms with Crippen molar-refractivity contribution in [1.82, 2.24) is 0 Å². The van der Waals surface area contributed by atoms with Gasteiger partial charge in [0.15, 0.2) is 0 Å². The summed E-state index contributed by atoms with van der Waals surface area (Å²) in [5.74, 6) is 0.817. The van der Waals surface area contributed by atoms with Crippen LogP contribution in [0, 0.1) is 6.92 Å². The molecule has 0 unspecified atom stereocenters. The normalized spacial score (nSPS) is 13.2. The van der Waals surface area contributed by atoms with E-state index in [2.05, 4.69) is 15.9 Å². The Morgan fingerprint density at radius 2 is 2.28 bits per heavy atom. The van der Waals surface area contributed by atoms with Gasteiger partial charge in [0.1, 0.15) is 5.75 Å². The highest BCUT2D eigenvalue weighted by Gasteiger charge is 2.22. The van der Waals surface area contributed by atoms with Gasteiger partial charge in [-0.3, -0.25) is 4.79 Å². The number of halogens is 1. The van der Waals surface area contributed by atoms with Gasteiger partial charge in [0, 0.05) is 6.42 Å². The Labute approximate surface area is 118 Å². The molecular formula is C14H11BrO2S. The lowest BCUT2D eigenvalue weighted by Gasteiger charge is -2.05. The van der Waals surface area contributed by atoms with Crippen LogP contribution in [0.1, 0.15) is 26.4 Å². The van der Waals surface area contributed by atoms with E-state index in [1.54, 1.807) is 0 Å². The lowest BCUT2D eigenvalue weighted by atomic mass is 10.0. The Morgan fingerprint density at radius 1 is 1.44 bits per heavy atom. The Morgan fingerprint density at radius 3 is 3.00 bits per heavy atom. The van der Waals surface area contributed by atoms with Crippen molar-refractivity contribution in [2.24, 2.45) is 0 Å². The molecule has 0 saturated heterocycles. The van der Waals surface area contributed by atoms with Crippen molar-refractivity contribution in [3.63, 3.8) is 0 Å². The molecule has 0 spiro atoms. The molecule has 1 aliphatic heterocycles. The highest BCUT2D eigenvalue weighted by Crippen LogP contribution is 2.34. The zero-order chi connectivity index (χ0) is 12.7. The van der Waals surface area contributed by atoms with Crippen molar-refractivity contribution in [1.29, 1.82) is 0 Å². The van der Waals surface area contributed by atoms with E-state index in [1.165, 1.54) is 11.3 Å². The Kier molecular flexibility index (Phi) is 2.99. The van der Waals surface area contributed by atoms with Crippen molar-refractivity contribution in [3.05, 3.63) is 49.6 Å². The molecule has 2 heterocycles. The van der Waals surface area contributed by atoms with E-state index >= 15 is 0 Å². The Hall–Kier alpha value is -1.13. The van der Waals surface area contributed by atoms with Crippen molar-refractivity contribution in [2.45, 2.75) is 13.3 Å². The molecule has 0 atom stereocenters. The summed E-state index contributed by atoms with van der Waals surface area (Å²) in [5, 5.41) is 0. The summed E-state index contributed by atoms with van der Waals surface area (Å²) in [6.07, 6.45) is 0.892. The molecule has 0 amide bonds. The first kappa shape index (κ1) is 11.9. The molecule has 2 nitrogen and oxygen atoms in total. The standard InChI is InChI=1S/C14H11BrO2S/c1-8-7-11(18-14(8)15)12(16)10-4-2-3-9-5-6-17-13(9)10/h2-4,7H,5-6H2,1H3. The average molecular weight is 323 g/mol. The molecule has 0 aliphatic carbocycles. The van der Waals surface area contributed by atoms with E-state index in [4.69, 9.17) is 4.74 Å². The van der Waals surface area contributed by atoms with Crippen LogP contribution in [-0.4, -0.2) is 12.4 Å². The second-order valence-corrected chi connectivity index (χ2v) is 6.66. The molecule has 0 saturated carbocycles. The number of thiophene rings is 1. The predicted octanol–water partition coefficient (Wildman–Crippen LogP) is 3.98. The second kappa shape index (κ2) is 4.52. The molecule has 1 aromatic heterocycles. The molecule has 18 heavy (non-hydrogen) atoms. The minimum Gasteiger partial charge on any atom is -0.492 e. The van der Waals surface area contributed by atoms with Crippen LogP contribution < -0.4 is 4.74 Å². The van der Waals surface area contributed by atoms with Crippen LogP contribution in [0.5, 0.6) is 5.75 Å². The van der Waals surface area contributed by atoms with E-state index in [-0.39, 0.29) is 5.78 Å². The number of fused-ring (bicyclic) bond motifs is 1. The molecule has 1 aromatic carbocycles. The summed E-state index contributed by atoms with van der Waals surface area (Å²) in [5.41, 5.74) is 2.91. The number of hydrogen-bond donors (Lipinski definition) is 0. The van der Waals surface area contributed by atoms with E-state index < -0.39 is 0 Å². The maximum atomic E-state index is 12.5. The molecule has 92 valence electrons. The van der Waals surface area contributed by atoms with Crippen LogP contribution in [0.4, 0.5) is 0 Å². The number of carbonyl (C=O) groups is 1. The van der Waals surface area contributed by atoms with Gasteiger partial charge in [-0.05, 0) is 46.1 Å². The van der Waals surface area contributed by atoms with Gasteiger partial charge in [-0.2, -0.15) is 0 Å². The fourth-order valence-electron chi connectivity index (χ4n) is 2.10. The maximum Gasteiger partial charge on any atom is 0.206 e. The number of ether oxygens (including phenoxy) is 1. The molecular weight excluding hydrogens is 312 g/mol. The van der Waals surface area contributed by atoms with Crippen molar-refractivity contribution in [3.8, 4) is 5.75 Å². The minimum atomic E-state index is 0.0487. The van der Waals surface area contributed by atoms with E-state index in [0.29, 0.717) is 12.2 Å². The number of ketones is 1. The van der Waals surface area contributed by atoms with Crippen LogP contribution in [0.15, 0.2) is 28.1 Å². The van der Waals surface area contributed by atoms with E-state index in [0.717, 1.165) is 32.0 Å². The van der Waals surface area contributed by atoms with Crippen molar-refractivity contribution in [2.75, 3.05) is 6.61 Å². The van der Waals surface area contributed by atoms with Gasteiger partial charge in [-0.15, -0.1) is 11.3 Å². The van der Waals surface area contributed by atoms with E-state index in [1.807, 2.05) is 31.2 Å². The van der Waals surface area contributed by atoms with E-state index in [9.17, 15) is 4.79 Å². The zero-order valence-electron chi connectivity index (χ0n) is 9.83. The molecule has 3 rings (SSSR count). The third-order valence-electron chi connectivity index (χ3n) is 3.04. The fraction of sp³-hybridized carbons (Fsp3) is 0.214. The largest absolute Gasteiger partial charge is 0.492 e. The Balaban J connectivity index is 2.05. The van der Waals surface area contributed by atoms with Gasteiger partial charge in [-0.25, -0.2) is 0 Å². The monoisotopic (exact) mass is 322 g/mol. The third kappa shape index (κ3) is 1.89. The Bertz CT molecular complexity index is 611. The lowest BCUT2D eigenvalue weighted by Crippen LogP contribution is -2.01. The zero-order valence-corrected chi connectivity index (χ0v) is 12.2. The molecule has 1 aliphatic rings. The molecule has 0 bridgehead atoms. The topological polar surface area (TPSA) is 26.3 Å². The van der Waals surface area contributed by atoms with Crippen LogP contribution in [0.25, 0.3) is 0 Å². The number of para-hydroxylation sites is 1. The van der Waals surface area contributed by atoms with Crippen LogP contribution in [-0.2, 0) is 6.42 Å². The summed E-state index contributed by atoms with van der Waals surface area (Å²) in [7, 11) is 0. The minimum absolute atomic E-state index is 0.0487. The highest BCUT2D eigenvalue weighted by atomic mass is 79.9. The van der Waals surface area contributed by atoms with Gasteiger partial charge in [0.25, 0.3) is 0 Å². The molecule has 0 radical (unpaired) electrons. The van der Waals surface area contributed by atoms with Crippen LogP contribution in [0.2, 0.25) is 0 Å². The number of hydrogen-bond acceptors (Lipinski definition) is 3. The summed E-state index contributed by atoms with van der Waals surface area (Å²) in [4.78, 5) is 13.2. The molecule has 4 heteroatoms. The van der Waals surface area contributed by atoms with Crippen molar-refractivity contribution < 1.29 is 9.53 Å². The number of carbonyl (C=O) groups excluding carboxylic acids is 1. The highest BCUT2D eigenvalue weighted by molar-refractivity contribution is 9.11. The van der Waals surface area contributed by atoms with Crippen LogP contribution in [0.3, 0.4) is 0 Å². The smallest absolute Gasteiger partial charge is 0.206 e. The summed E-state index contributed by atoms with van der Waals surface area (Å²) in [6, 6.07) is 7.71. The summed E-state index contributed by atoms with van der Waals surface area (Å²) < 4.78 is 6.59.